The Morgan fingerprint density at radius 3 is 2.59 bits per heavy atom. The number of allylic oxidation sites excluding steroid dienone is 1. The van der Waals surface area contributed by atoms with Crippen molar-refractivity contribution in [3.8, 4) is 0 Å². The van der Waals surface area contributed by atoms with E-state index in [0.717, 1.165) is 15.7 Å². The molecule has 1 aliphatic rings. The van der Waals surface area contributed by atoms with Crippen LogP contribution in [0.15, 0.2) is 31.5 Å². The van der Waals surface area contributed by atoms with Gasteiger partial charge in [0.25, 0.3) is 0 Å². The number of Topliss-reactive ketones (excluding diaryl/α,β-unsaturated/α-hetero) is 1. The van der Waals surface area contributed by atoms with Gasteiger partial charge in [0, 0.05) is 34.6 Å². The number of hydrogen-bond acceptors (Lipinski definition) is 6. The molecule has 1 aromatic rings. The molecular weight excluding hydrogens is 388 g/mol. The van der Waals surface area contributed by atoms with Crippen molar-refractivity contribution in [2.24, 2.45) is 0 Å². The average Bonchev–Trinajstić information content (AvgIpc) is 3.09. The number of furan rings is 1. The van der Waals surface area contributed by atoms with Crippen LogP contribution in [0.4, 0.5) is 0 Å². The van der Waals surface area contributed by atoms with E-state index in [1.54, 1.807) is 36.5 Å². The number of thioether (sulfide) groups is 2. The summed E-state index contributed by atoms with van der Waals surface area (Å²) < 4.78 is 11.8. The highest BCUT2D eigenvalue weighted by Gasteiger charge is 2.25. The highest BCUT2D eigenvalue weighted by atomic mass is 79.9. The van der Waals surface area contributed by atoms with E-state index in [1.807, 2.05) is 0 Å². The smallest absolute Gasteiger partial charge is 0.333 e. The molecule has 0 atom stereocenters. The molecule has 2 rings (SSSR count). The predicted octanol–water partition coefficient (Wildman–Crippen LogP) is 4.05. The van der Waals surface area contributed by atoms with Crippen LogP contribution in [0, 0.1) is 0 Å². The number of methoxy groups -OCH3 is 1. The van der Waals surface area contributed by atoms with Gasteiger partial charge >= 0.3 is 5.97 Å². The molecule has 2 heterocycles. The zero-order valence-electron chi connectivity index (χ0n) is 12.2. The minimum absolute atomic E-state index is 0.0184. The number of rotatable bonds is 5. The summed E-state index contributed by atoms with van der Waals surface area (Å²) >= 11 is 6.64. The van der Waals surface area contributed by atoms with Crippen LogP contribution >= 0.6 is 39.5 Å². The summed E-state index contributed by atoms with van der Waals surface area (Å²) in [5.41, 5.74) is 1.64. The third kappa shape index (κ3) is 3.88. The van der Waals surface area contributed by atoms with Crippen molar-refractivity contribution in [2.75, 3.05) is 18.6 Å². The molecule has 0 radical (unpaired) electrons. The summed E-state index contributed by atoms with van der Waals surface area (Å²) in [5, 5.41) is 0. The quantitative estimate of drug-likeness (QED) is 0.546. The maximum absolute atomic E-state index is 12.1. The molecule has 1 saturated heterocycles. The van der Waals surface area contributed by atoms with Crippen molar-refractivity contribution >= 4 is 56.8 Å². The molecule has 22 heavy (non-hydrogen) atoms. The zero-order valence-corrected chi connectivity index (χ0v) is 15.5. The third-order valence-electron chi connectivity index (χ3n) is 3.00. The normalized spacial score (nSPS) is 14.0. The predicted molar refractivity (Wildman–Crippen MR) is 93.8 cm³/mol. The molecule has 0 bridgehead atoms. The van der Waals surface area contributed by atoms with E-state index in [1.165, 1.54) is 7.11 Å². The summed E-state index contributed by atoms with van der Waals surface area (Å²) in [6.45, 7) is 5.25. The van der Waals surface area contributed by atoms with Crippen LogP contribution in [0.2, 0.25) is 0 Å². The molecule has 0 spiro atoms. The second-order valence-electron chi connectivity index (χ2n) is 4.57. The van der Waals surface area contributed by atoms with Crippen LogP contribution in [0.3, 0.4) is 0 Å². The number of carbonyl (C=O) groups is 2. The topological polar surface area (TPSA) is 56.5 Å². The Kier molecular flexibility index (Phi) is 6.00. The van der Waals surface area contributed by atoms with Crippen molar-refractivity contribution in [1.29, 1.82) is 0 Å². The largest absolute Gasteiger partial charge is 0.466 e. The number of esters is 1. The van der Waals surface area contributed by atoms with Gasteiger partial charge in [-0.1, -0.05) is 6.58 Å². The van der Waals surface area contributed by atoms with Crippen LogP contribution in [0.5, 0.6) is 0 Å². The number of ether oxygens (including phenoxy) is 1. The van der Waals surface area contributed by atoms with Crippen molar-refractivity contribution in [1.82, 2.24) is 0 Å². The highest BCUT2D eigenvalue weighted by molar-refractivity contribution is 9.10. The highest BCUT2D eigenvalue weighted by Crippen LogP contribution is 2.43. The second-order valence-corrected chi connectivity index (χ2v) is 7.83. The van der Waals surface area contributed by atoms with Crippen molar-refractivity contribution < 1.29 is 18.7 Å². The SMILES string of the molecule is C=C(Cc1oc(Br)cc1C(C(C)=O)=C1SCCS1)C(=O)OC. The van der Waals surface area contributed by atoms with Gasteiger partial charge in [-0.2, -0.15) is 0 Å². The van der Waals surface area contributed by atoms with E-state index in [9.17, 15) is 9.59 Å². The Hall–Kier alpha value is -0.920. The van der Waals surface area contributed by atoms with E-state index >= 15 is 0 Å². The van der Waals surface area contributed by atoms with Crippen LogP contribution in [0.1, 0.15) is 18.2 Å². The molecule has 0 N–H and O–H groups in total. The molecule has 1 fully saturated rings. The van der Waals surface area contributed by atoms with Gasteiger partial charge in [-0.25, -0.2) is 4.79 Å². The number of carbonyl (C=O) groups excluding carboxylic acids is 2. The van der Waals surface area contributed by atoms with Gasteiger partial charge in [-0.05, 0) is 28.9 Å². The van der Waals surface area contributed by atoms with Crippen molar-refractivity contribution in [2.45, 2.75) is 13.3 Å². The van der Waals surface area contributed by atoms with Gasteiger partial charge in [0.2, 0.25) is 0 Å². The van der Waals surface area contributed by atoms with Crippen LogP contribution in [-0.4, -0.2) is 30.4 Å². The molecule has 0 aromatic carbocycles. The maximum Gasteiger partial charge on any atom is 0.333 e. The molecule has 7 heteroatoms. The van der Waals surface area contributed by atoms with E-state index in [0.29, 0.717) is 21.6 Å². The minimum atomic E-state index is -0.486. The lowest BCUT2D eigenvalue weighted by atomic mass is 10.0. The average molecular weight is 403 g/mol. The molecule has 4 nitrogen and oxygen atoms in total. The monoisotopic (exact) mass is 402 g/mol. The summed E-state index contributed by atoms with van der Waals surface area (Å²) in [5.74, 6) is 2.00. The maximum atomic E-state index is 12.1. The molecule has 0 saturated carbocycles. The first kappa shape index (κ1) is 17.4. The van der Waals surface area contributed by atoms with Crippen LogP contribution in [-0.2, 0) is 20.7 Å². The first-order chi connectivity index (χ1) is 10.4. The summed E-state index contributed by atoms with van der Waals surface area (Å²) in [4.78, 5) is 23.6. The van der Waals surface area contributed by atoms with E-state index in [4.69, 9.17) is 4.42 Å². The molecule has 118 valence electrons. The lowest BCUT2D eigenvalue weighted by Crippen LogP contribution is -2.07. The Balaban J connectivity index is 2.42. The number of hydrogen-bond donors (Lipinski definition) is 0. The van der Waals surface area contributed by atoms with Crippen molar-refractivity contribution in [3.05, 3.63) is 38.4 Å². The third-order valence-corrected chi connectivity index (χ3v) is 6.11. The Morgan fingerprint density at radius 2 is 2.05 bits per heavy atom. The van der Waals surface area contributed by atoms with E-state index in [-0.39, 0.29) is 17.8 Å². The molecule has 0 unspecified atom stereocenters. The first-order valence-electron chi connectivity index (χ1n) is 6.49. The first-order valence-corrected chi connectivity index (χ1v) is 9.26. The Bertz CT molecular complexity index is 652. The van der Waals surface area contributed by atoms with Gasteiger partial charge in [0.1, 0.15) is 5.76 Å². The number of halogens is 1. The summed E-state index contributed by atoms with van der Waals surface area (Å²) in [6.07, 6.45) is 0.201. The minimum Gasteiger partial charge on any atom is -0.466 e. The van der Waals surface area contributed by atoms with Gasteiger partial charge < -0.3 is 9.15 Å². The van der Waals surface area contributed by atoms with E-state index < -0.39 is 5.97 Å². The van der Waals surface area contributed by atoms with Crippen LogP contribution in [0.25, 0.3) is 5.57 Å². The Morgan fingerprint density at radius 1 is 1.41 bits per heavy atom. The molecule has 1 aromatic heterocycles. The second kappa shape index (κ2) is 7.57. The lowest BCUT2D eigenvalue weighted by Gasteiger charge is -2.08. The summed E-state index contributed by atoms with van der Waals surface area (Å²) in [6, 6.07) is 1.77. The van der Waals surface area contributed by atoms with Crippen molar-refractivity contribution in [3.63, 3.8) is 0 Å². The molecule has 1 aliphatic heterocycles. The summed E-state index contributed by atoms with van der Waals surface area (Å²) in [7, 11) is 1.31. The van der Waals surface area contributed by atoms with Gasteiger partial charge in [-0.3, -0.25) is 4.79 Å². The zero-order chi connectivity index (χ0) is 16.3. The fourth-order valence-electron chi connectivity index (χ4n) is 2.05. The Labute approximate surface area is 145 Å². The molecular formula is C15H15BrO4S2. The fourth-order valence-corrected chi connectivity index (χ4v) is 5.14. The van der Waals surface area contributed by atoms with E-state index in [2.05, 4.69) is 27.2 Å². The molecule has 0 amide bonds. The van der Waals surface area contributed by atoms with Crippen LogP contribution < -0.4 is 0 Å². The van der Waals surface area contributed by atoms with Gasteiger partial charge in [-0.15, -0.1) is 23.5 Å². The standard InChI is InChI=1S/C15H15BrO4S2/c1-8(14(18)19-3)6-11-10(7-12(16)20-11)13(9(2)17)15-21-4-5-22-15/h7H,1,4-6H2,2-3H3. The van der Waals surface area contributed by atoms with Gasteiger partial charge in [0.05, 0.1) is 11.3 Å². The fraction of sp³-hybridized carbons (Fsp3) is 0.333. The number of ketones is 1. The molecule has 0 aliphatic carbocycles. The lowest BCUT2D eigenvalue weighted by molar-refractivity contribution is -0.136. The van der Waals surface area contributed by atoms with Gasteiger partial charge in [0.15, 0.2) is 10.5 Å².